The number of allylic oxidation sites excluding steroid dienone is 2. The van der Waals surface area contributed by atoms with Gasteiger partial charge < -0.3 is 52.5 Å². The molecular weight excluding hydrogens is 819 g/mol. The number of non-ortho nitro benzene ring substituents is 1. The zero-order chi connectivity index (χ0) is 46.9. The van der Waals surface area contributed by atoms with Gasteiger partial charge in [0.1, 0.15) is 17.5 Å². The van der Waals surface area contributed by atoms with E-state index in [0.717, 1.165) is 6.42 Å². The molecule has 1 aromatic rings. The number of hydrogen-bond donors (Lipinski definition) is 1. The average Bonchev–Trinajstić information content (AvgIpc) is 3.97. The topological polar surface area (TPSA) is 193 Å². The number of esters is 1. The van der Waals surface area contributed by atoms with Crippen molar-refractivity contribution < 1.29 is 67.0 Å². The van der Waals surface area contributed by atoms with Gasteiger partial charge in [0, 0.05) is 50.2 Å². The number of nitro groups is 1. The molecule has 3 unspecified atom stereocenters. The van der Waals surface area contributed by atoms with Crippen molar-refractivity contribution in [2.45, 2.75) is 182 Å². The Morgan fingerprint density at radius 3 is 2.27 bits per heavy atom. The van der Waals surface area contributed by atoms with Crippen LogP contribution in [0.25, 0.3) is 0 Å². The van der Waals surface area contributed by atoms with Crippen LogP contribution in [0.5, 0.6) is 5.75 Å². The Bertz CT molecular complexity index is 1660. The number of rotatable bonds is 23. The lowest BCUT2D eigenvalue weighted by Crippen LogP contribution is -2.47. The predicted molar refractivity (Wildman–Crippen MR) is 235 cm³/mol. The second-order valence-electron chi connectivity index (χ2n) is 16.7. The van der Waals surface area contributed by atoms with Crippen molar-refractivity contribution in [3.63, 3.8) is 0 Å². The largest absolute Gasteiger partial charge is 0.514 e. The molecule has 1 saturated heterocycles. The molecule has 0 amide bonds. The summed E-state index contributed by atoms with van der Waals surface area (Å²) < 4.78 is 59.5. The highest BCUT2D eigenvalue weighted by atomic mass is 16.7. The van der Waals surface area contributed by atoms with Gasteiger partial charge in [-0.15, -0.1) is 0 Å². The Morgan fingerprint density at radius 1 is 1.02 bits per heavy atom. The third-order valence-corrected chi connectivity index (χ3v) is 11.2. The van der Waals surface area contributed by atoms with Crippen LogP contribution in [0, 0.1) is 22.0 Å². The third kappa shape index (κ3) is 18.0. The number of nitrogens with zero attached hydrogens (tertiary/aromatic N) is 1. The van der Waals surface area contributed by atoms with Gasteiger partial charge >= 0.3 is 12.1 Å². The van der Waals surface area contributed by atoms with Crippen LogP contribution in [-0.2, 0) is 47.4 Å². The van der Waals surface area contributed by atoms with Crippen LogP contribution in [0.3, 0.4) is 0 Å². The molecule has 0 bridgehead atoms. The molecule has 2 heterocycles. The van der Waals surface area contributed by atoms with Gasteiger partial charge in [0.15, 0.2) is 25.0 Å². The number of aliphatic hydroxyl groups is 1. The molecule has 16 nitrogen and oxygen atoms in total. The first-order chi connectivity index (χ1) is 29.7. The quantitative estimate of drug-likeness (QED) is 0.0160. The van der Waals surface area contributed by atoms with E-state index in [1.807, 2.05) is 41.5 Å². The molecule has 0 saturated carbocycles. The highest BCUT2D eigenvalue weighted by Gasteiger charge is 2.48. The summed E-state index contributed by atoms with van der Waals surface area (Å²) in [6, 6.07) is 5.04. The second-order valence-corrected chi connectivity index (χ2v) is 16.7. The van der Waals surface area contributed by atoms with Crippen molar-refractivity contribution >= 4 is 17.8 Å². The van der Waals surface area contributed by atoms with Crippen molar-refractivity contribution in [1.82, 2.24) is 0 Å². The van der Waals surface area contributed by atoms with Crippen molar-refractivity contribution in [2.75, 3.05) is 19.8 Å². The molecule has 0 aromatic heterocycles. The molecule has 63 heavy (non-hydrogen) atoms. The van der Waals surface area contributed by atoms with Gasteiger partial charge in [0.2, 0.25) is 0 Å². The van der Waals surface area contributed by atoms with Gasteiger partial charge in [-0.2, -0.15) is 0 Å². The maximum Gasteiger partial charge on any atom is 0.514 e. The molecule has 3 rings (SSSR count). The molecule has 13 atom stereocenters. The van der Waals surface area contributed by atoms with E-state index in [-0.39, 0.29) is 61.2 Å². The van der Waals surface area contributed by atoms with Crippen molar-refractivity contribution in [3.05, 3.63) is 70.3 Å². The number of benzene rings is 1. The molecule has 1 N–H and O–H groups in total. The summed E-state index contributed by atoms with van der Waals surface area (Å²) in [5.74, 6) is -0.807. The highest BCUT2D eigenvalue weighted by Crippen LogP contribution is 2.39. The Kier molecular flexibility index (Phi) is 21.8. The monoisotopic (exact) mass is 891 g/mol. The van der Waals surface area contributed by atoms with Crippen LogP contribution < -0.4 is 4.74 Å². The van der Waals surface area contributed by atoms with Gasteiger partial charge in [-0.25, -0.2) is 4.79 Å². The minimum absolute atomic E-state index is 0.0429. The van der Waals surface area contributed by atoms with Gasteiger partial charge in [-0.1, -0.05) is 45.1 Å². The Labute approximate surface area is 373 Å². The lowest BCUT2D eigenvalue weighted by molar-refractivity contribution is -0.384. The summed E-state index contributed by atoms with van der Waals surface area (Å²) in [5, 5.41) is 22.6. The fraction of sp³-hybridized carbons (Fsp3) is 0.702. The van der Waals surface area contributed by atoms with Gasteiger partial charge in [0.25, 0.3) is 5.69 Å². The van der Waals surface area contributed by atoms with Crippen LogP contribution in [0.15, 0.2) is 60.2 Å². The van der Waals surface area contributed by atoms with E-state index < -0.39 is 65.1 Å². The van der Waals surface area contributed by atoms with Crippen molar-refractivity contribution in [3.8, 4) is 5.75 Å². The van der Waals surface area contributed by atoms with Gasteiger partial charge in [0.05, 0.1) is 41.4 Å². The zero-order valence-electron chi connectivity index (χ0n) is 39.3. The first-order valence-electron chi connectivity index (χ1n) is 22.3. The molecule has 2 aliphatic rings. The smallest absolute Gasteiger partial charge is 0.457 e. The predicted octanol–water partition coefficient (Wildman–Crippen LogP) is 8.92. The number of carbonyl (C=O) groups is 2. The molecule has 16 heteroatoms. The first kappa shape index (κ1) is 53.6. The maximum absolute atomic E-state index is 13.7. The molecule has 0 radical (unpaired) electrons. The highest BCUT2D eigenvalue weighted by molar-refractivity contribution is 5.70. The Hall–Kier alpha value is -3.74. The van der Waals surface area contributed by atoms with E-state index >= 15 is 0 Å². The van der Waals surface area contributed by atoms with Crippen molar-refractivity contribution in [1.29, 1.82) is 0 Å². The fourth-order valence-electron chi connectivity index (χ4n) is 7.81. The number of nitro benzene ring substituents is 1. The zero-order valence-corrected chi connectivity index (χ0v) is 39.3. The van der Waals surface area contributed by atoms with Crippen LogP contribution in [0.2, 0.25) is 0 Å². The van der Waals surface area contributed by atoms with E-state index in [2.05, 4.69) is 13.8 Å². The van der Waals surface area contributed by atoms with Gasteiger partial charge in [-0.05, 0) is 105 Å². The van der Waals surface area contributed by atoms with Crippen LogP contribution in [-0.4, -0.2) is 109 Å². The van der Waals surface area contributed by atoms with Crippen LogP contribution in [0.1, 0.15) is 115 Å². The summed E-state index contributed by atoms with van der Waals surface area (Å²) in [5.41, 5.74) is -1.93. The van der Waals surface area contributed by atoms with Crippen LogP contribution in [0.4, 0.5) is 10.5 Å². The fourth-order valence-corrected chi connectivity index (χ4v) is 7.81. The minimum atomic E-state index is -1.25. The summed E-state index contributed by atoms with van der Waals surface area (Å²) in [6.45, 7) is 23.7. The third-order valence-electron chi connectivity index (χ3n) is 11.2. The molecular formula is C47H73NO15. The lowest BCUT2D eigenvalue weighted by atomic mass is 9.88. The van der Waals surface area contributed by atoms with E-state index in [9.17, 15) is 24.8 Å². The summed E-state index contributed by atoms with van der Waals surface area (Å²) in [4.78, 5) is 37.8. The average molecular weight is 892 g/mol. The van der Waals surface area contributed by atoms with E-state index in [1.54, 1.807) is 58.1 Å². The molecule has 0 spiro atoms. The number of hydrogen-bond acceptors (Lipinski definition) is 15. The summed E-state index contributed by atoms with van der Waals surface area (Å²) in [6.07, 6.45) is 4.72. The lowest BCUT2D eigenvalue weighted by Gasteiger charge is -2.39. The Balaban J connectivity index is 1.92. The van der Waals surface area contributed by atoms with E-state index in [0.29, 0.717) is 31.8 Å². The number of epoxide rings is 1. The van der Waals surface area contributed by atoms with E-state index in [4.69, 9.17) is 47.4 Å². The molecule has 2 aliphatic heterocycles. The molecule has 1 fully saturated rings. The van der Waals surface area contributed by atoms with Crippen molar-refractivity contribution in [2.24, 2.45) is 11.8 Å². The molecule has 356 valence electrons. The number of carbonyl (C=O) groups excluding carboxylic acids is 2. The Morgan fingerprint density at radius 2 is 1.65 bits per heavy atom. The standard InChI is InChI=1S/C47H73NO15/c1-13-39(58-34(9)55-15-3)32(7)44-40(60-44)29-46(11,51)26-17-18-30(5)43-31(6)19-24-41(61-45(50)59-37-22-20-36(21-23-37)48(52)53)47(12,63-35(10)56-16-4)27-25-38(28-42(49)62-43)57-33(8)54-14-2/h17-24,26,31-35,38-41,43-44,51H,13-16,25,27-29H2,1-12H3/b24-19+,26-17+,30-18+/t31-,32+,33?,34?,35?,38+,39-,40+,41-,43+,44+,46-,47+/m0/s1. The summed E-state index contributed by atoms with van der Waals surface area (Å²) in [7, 11) is 0. The SMILES string of the molecule is CCOC(C)O[C@@H]1CC[C@@](C)(OC(C)OCC)[C@@H](OC(=O)Oc2ccc([N+](=O)[O-])cc2)/C=C/[C@H](C)[C@@H](/C(C)=C/C=C/[C@](C)(O)C[C@H]2O[C@@H]2[C@H](C)[C@H](CC)OC(C)OCC)OC(=O)C1. The normalized spacial score (nSPS) is 28.6. The molecule has 0 aliphatic carbocycles. The maximum atomic E-state index is 13.7. The van der Waals surface area contributed by atoms with Crippen LogP contribution >= 0.6 is 0 Å². The number of cyclic esters (lactones) is 1. The number of ether oxygens (including phenoxy) is 10. The minimum Gasteiger partial charge on any atom is -0.457 e. The summed E-state index contributed by atoms with van der Waals surface area (Å²) >= 11 is 0. The second kappa shape index (κ2) is 25.7. The van der Waals surface area contributed by atoms with E-state index in [1.165, 1.54) is 24.3 Å². The first-order valence-corrected chi connectivity index (χ1v) is 22.3. The molecule has 1 aromatic carbocycles. The van der Waals surface area contributed by atoms with Gasteiger partial charge in [-0.3, -0.25) is 14.9 Å².